The van der Waals surface area contributed by atoms with E-state index in [1.54, 1.807) is 13.1 Å². The lowest BCUT2D eigenvalue weighted by atomic mass is 10.1. The molecular weight excluding hydrogens is 260 g/mol. The Morgan fingerprint density at radius 1 is 1.37 bits per heavy atom. The molecule has 0 amide bonds. The second-order valence-corrected chi connectivity index (χ2v) is 7.24. The largest absolute Gasteiger partial charge is 0.326 e. The number of nitrogens with zero attached hydrogens (tertiary/aromatic N) is 1. The van der Waals surface area contributed by atoms with Crippen LogP contribution in [-0.4, -0.2) is 26.3 Å². The van der Waals surface area contributed by atoms with E-state index >= 15 is 0 Å². The summed E-state index contributed by atoms with van der Waals surface area (Å²) in [5, 5.41) is 0. The molecule has 1 saturated carbocycles. The number of benzene rings is 1. The predicted molar refractivity (Wildman–Crippen MR) is 76.3 cm³/mol. The number of aryl methyl sites for hydroxylation is 1. The molecule has 1 aromatic rings. The van der Waals surface area contributed by atoms with Gasteiger partial charge in [-0.15, -0.1) is 0 Å². The maximum Gasteiger partial charge on any atom is 0.243 e. The van der Waals surface area contributed by atoms with E-state index in [2.05, 4.69) is 0 Å². The van der Waals surface area contributed by atoms with Crippen molar-refractivity contribution in [2.75, 3.05) is 13.6 Å². The predicted octanol–water partition coefficient (Wildman–Crippen LogP) is 1.74. The second kappa shape index (κ2) is 5.61. The zero-order valence-corrected chi connectivity index (χ0v) is 12.4. The Morgan fingerprint density at radius 2 is 2.05 bits per heavy atom. The van der Waals surface area contributed by atoms with Crippen LogP contribution in [0.25, 0.3) is 0 Å². The Bertz CT molecular complexity index is 551. The van der Waals surface area contributed by atoms with E-state index in [-0.39, 0.29) is 0 Å². The molecule has 0 saturated heterocycles. The van der Waals surface area contributed by atoms with Crippen LogP contribution in [-0.2, 0) is 23.0 Å². The van der Waals surface area contributed by atoms with E-state index in [4.69, 9.17) is 5.73 Å². The molecule has 1 aliphatic rings. The van der Waals surface area contributed by atoms with Gasteiger partial charge in [0, 0.05) is 20.1 Å². The minimum absolute atomic E-state index is 0.360. The van der Waals surface area contributed by atoms with Gasteiger partial charge in [-0.05, 0) is 42.4 Å². The highest BCUT2D eigenvalue weighted by Gasteiger charge is 2.30. The van der Waals surface area contributed by atoms with Crippen molar-refractivity contribution in [3.05, 3.63) is 29.3 Å². The number of hydrogen-bond acceptors (Lipinski definition) is 3. The highest BCUT2D eigenvalue weighted by molar-refractivity contribution is 7.89. The summed E-state index contributed by atoms with van der Waals surface area (Å²) < 4.78 is 26.7. The molecule has 0 heterocycles. The molecule has 1 aromatic carbocycles. The van der Waals surface area contributed by atoms with E-state index in [1.807, 2.05) is 19.1 Å². The lowest BCUT2D eigenvalue weighted by Gasteiger charge is -2.19. The molecular formula is C14H22N2O2S. The number of nitrogens with two attached hydrogens (primary N) is 1. The third kappa shape index (κ3) is 3.16. The van der Waals surface area contributed by atoms with Crippen LogP contribution in [0.4, 0.5) is 0 Å². The van der Waals surface area contributed by atoms with E-state index < -0.39 is 10.0 Å². The van der Waals surface area contributed by atoms with Crippen LogP contribution in [0, 0.1) is 5.92 Å². The van der Waals surface area contributed by atoms with Crippen molar-refractivity contribution in [3.63, 3.8) is 0 Å². The van der Waals surface area contributed by atoms with Crippen molar-refractivity contribution in [3.8, 4) is 0 Å². The smallest absolute Gasteiger partial charge is 0.243 e. The van der Waals surface area contributed by atoms with E-state index in [1.165, 1.54) is 4.31 Å². The molecule has 4 nitrogen and oxygen atoms in total. The van der Waals surface area contributed by atoms with Gasteiger partial charge in [0.2, 0.25) is 10.0 Å². The molecule has 2 rings (SSSR count). The summed E-state index contributed by atoms with van der Waals surface area (Å²) in [6.45, 7) is 2.95. The Kier molecular flexibility index (Phi) is 4.28. The fourth-order valence-corrected chi connectivity index (χ4v) is 3.78. The first-order chi connectivity index (χ1) is 8.98. The van der Waals surface area contributed by atoms with E-state index in [0.717, 1.165) is 24.0 Å². The number of sulfonamides is 1. The van der Waals surface area contributed by atoms with Gasteiger partial charge in [-0.3, -0.25) is 0 Å². The van der Waals surface area contributed by atoms with Gasteiger partial charge in [0.15, 0.2) is 0 Å². The first kappa shape index (κ1) is 14.5. The molecule has 0 bridgehead atoms. The van der Waals surface area contributed by atoms with Crippen molar-refractivity contribution >= 4 is 10.0 Å². The first-order valence-electron chi connectivity index (χ1n) is 6.77. The standard InChI is InChI=1S/C14H22N2O2S/c1-3-13-7-6-12(9-15)8-14(13)19(17,18)16(2)10-11-4-5-11/h6-8,11H,3-5,9-10,15H2,1-2H3. The lowest BCUT2D eigenvalue weighted by Crippen LogP contribution is -2.29. The molecule has 0 aromatic heterocycles. The van der Waals surface area contributed by atoms with Crippen molar-refractivity contribution in [1.29, 1.82) is 0 Å². The van der Waals surface area contributed by atoms with E-state index in [0.29, 0.717) is 30.3 Å². The fraction of sp³-hybridized carbons (Fsp3) is 0.571. The van der Waals surface area contributed by atoms with Crippen LogP contribution in [0.15, 0.2) is 23.1 Å². The topological polar surface area (TPSA) is 63.4 Å². The zero-order chi connectivity index (χ0) is 14.0. The van der Waals surface area contributed by atoms with Crippen LogP contribution < -0.4 is 5.73 Å². The van der Waals surface area contributed by atoms with Gasteiger partial charge in [-0.2, -0.15) is 0 Å². The summed E-state index contributed by atoms with van der Waals surface area (Å²) in [7, 11) is -1.72. The zero-order valence-electron chi connectivity index (χ0n) is 11.6. The second-order valence-electron chi connectivity index (χ2n) is 5.23. The maximum atomic E-state index is 12.6. The highest BCUT2D eigenvalue weighted by atomic mass is 32.2. The molecule has 5 heteroatoms. The Morgan fingerprint density at radius 3 is 2.58 bits per heavy atom. The first-order valence-corrected chi connectivity index (χ1v) is 8.21. The normalized spacial score (nSPS) is 16.0. The van der Waals surface area contributed by atoms with Crippen molar-refractivity contribution < 1.29 is 8.42 Å². The van der Waals surface area contributed by atoms with Gasteiger partial charge in [-0.1, -0.05) is 19.1 Å². The van der Waals surface area contributed by atoms with Gasteiger partial charge >= 0.3 is 0 Å². The lowest BCUT2D eigenvalue weighted by molar-refractivity contribution is 0.452. The third-order valence-corrected chi connectivity index (χ3v) is 5.55. The summed E-state index contributed by atoms with van der Waals surface area (Å²) in [4.78, 5) is 0.418. The monoisotopic (exact) mass is 282 g/mol. The maximum absolute atomic E-state index is 12.6. The molecule has 0 atom stereocenters. The van der Waals surface area contributed by atoms with Crippen LogP contribution >= 0.6 is 0 Å². The average Bonchev–Trinajstić information content (AvgIpc) is 3.21. The summed E-state index contributed by atoms with van der Waals surface area (Å²) in [5.41, 5.74) is 7.33. The van der Waals surface area contributed by atoms with Crippen molar-refractivity contribution in [2.45, 2.75) is 37.6 Å². The third-order valence-electron chi connectivity index (χ3n) is 3.65. The van der Waals surface area contributed by atoms with Gasteiger partial charge in [0.1, 0.15) is 0 Å². The molecule has 1 fully saturated rings. The molecule has 0 spiro atoms. The quantitative estimate of drug-likeness (QED) is 0.864. The van der Waals surface area contributed by atoms with Crippen LogP contribution in [0.5, 0.6) is 0 Å². The molecule has 1 aliphatic carbocycles. The van der Waals surface area contributed by atoms with Gasteiger partial charge in [-0.25, -0.2) is 12.7 Å². The van der Waals surface area contributed by atoms with Gasteiger partial charge in [0.05, 0.1) is 4.90 Å². The Labute approximate surface area is 115 Å². The highest BCUT2D eigenvalue weighted by Crippen LogP contribution is 2.31. The van der Waals surface area contributed by atoms with Gasteiger partial charge in [0.25, 0.3) is 0 Å². The Balaban J connectivity index is 2.36. The van der Waals surface area contributed by atoms with Gasteiger partial charge < -0.3 is 5.73 Å². The molecule has 0 aliphatic heterocycles. The SMILES string of the molecule is CCc1ccc(CN)cc1S(=O)(=O)N(C)CC1CC1. The minimum Gasteiger partial charge on any atom is -0.326 e. The molecule has 19 heavy (non-hydrogen) atoms. The summed E-state index contributed by atoms with van der Waals surface area (Å²) >= 11 is 0. The molecule has 106 valence electrons. The van der Waals surface area contributed by atoms with Crippen molar-refractivity contribution in [2.24, 2.45) is 11.7 Å². The summed E-state index contributed by atoms with van der Waals surface area (Å²) in [6.07, 6.45) is 2.99. The van der Waals surface area contributed by atoms with Crippen LogP contribution in [0.3, 0.4) is 0 Å². The average molecular weight is 282 g/mol. The fourth-order valence-electron chi connectivity index (χ4n) is 2.19. The number of rotatable bonds is 6. The van der Waals surface area contributed by atoms with E-state index in [9.17, 15) is 8.42 Å². The molecule has 2 N–H and O–H groups in total. The van der Waals surface area contributed by atoms with Crippen LogP contribution in [0.1, 0.15) is 30.9 Å². The summed E-state index contributed by atoms with van der Waals surface area (Å²) in [5.74, 6) is 0.544. The molecule has 0 radical (unpaired) electrons. The van der Waals surface area contributed by atoms with Crippen molar-refractivity contribution in [1.82, 2.24) is 4.31 Å². The van der Waals surface area contributed by atoms with Crippen LogP contribution in [0.2, 0.25) is 0 Å². The number of hydrogen-bond donors (Lipinski definition) is 1. The molecule has 0 unspecified atom stereocenters. The minimum atomic E-state index is -3.39. The summed E-state index contributed by atoms with van der Waals surface area (Å²) in [6, 6.07) is 5.50. The Hall–Kier alpha value is -0.910.